The SMILES string of the molecule is O=C(c1cccc(-c2ccccc2F)c1)N1CCOCC1CO. The minimum absolute atomic E-state index is 0.140. The van der Waals surface area contributed by atoms with E-state index in [1.54, 1.807) is 47.4 Å². The molecule has 1 aliphatic rings. The van der Waals surface area contributed by atoms with Gasteiger partial charge in [-0.05, 0) is 23.8 Å². The van der Waals surface area contributed by atoms with Crippen molar-refractivity contribution in [1.29, 1.82) is 0 Å². The van der Waals surface area contributed by atoms with E-state index in [9.17, 15) is 14.3 Å². The number of rotatable bonds is 3. The van der Waals surface area contributed by atoms with Crippen molar-refractivity contribution in [1.82, 2.24) is 4.90 Å². The van der Waals surface area contributed by atoms with E-state index in [4.69, 9.17) is 4.74 Å². The van der Waals surface area contributed by atoms with E-state index in [2.05, 4.69) is 0 Å². The number of benzene rings is 2. The van der Waals surface area contributed by atoms with E-state index < -0.39 is 0 Å². The minimum Gasteiger partial charge on any atom is -0.394 e. The molecule has 1 fully saturated rings. The van der Waals surface area contributed by atoms with Gasteiger partial charge in [0.1, 0.15) is 5.82 Å². The molecule has 1 unspecified atom stereocenters. The molecule has 2 aromatic rings. The van der Waals surface area contributed by atoms with E-state index in [0.717, 1.165) is 0 Å². The zero-order chi connectivity index (χ0) is 16.2. The lowest BCUT2D eigenvalue weighted by Gasteiger charge is -2.34. The molecular formula is C18H18FNO3. The third kappa shape index (κ3) is 3.25. The van der Waals surface area contributed by atoms with Crippen LogP contribution < -0.4 is 0 Å². The van der Waals surface area contributed by atoms with Crippen molar-refractivity contribution in [2.45, 2.75) is 6.04 Å². The maximum absolute atomic E-state index is 13.9. The molecule has 0 bridgehead atoms. The van der Waals surface area contributed by atoms with Crippen molar-refractivity contribution in [2.24, 2.45) is 0 Å². The molecule has 0 saturated carbocycles. The minimum atomic E-state index is -0.339. The number of aliphatic hydroxyl groups is 1. The van der Waals surface area contributed by atoms with E-state index in [0.29, 0.717) is 36.4 Å². The van der Waals surface area contributed by atoms with Crippen LogP contribution in [-0.4, -0.2) is 48.3 Å². The lowest BCUT2D eigenvalue weighted by atomic mass is 10.0. The van der Waals surface area contributed by atoms with Crippen LogP contribution in [0.15, 0.2) is 48.5 Å². The summed E-state index contributed by atoms with van der Waals surface area (Å²) in [5.74, 6) is -0.498. The van der Waals surface area contributed by atoms with Crippen LogP contribution in [0, 0.1) is 5.82 Å². The molecule has 0 spiro atoms. The molecule has 23 heavy (non-hydrogen) atoms. The topological polar surface area (TPSA) is 49.8 Å². The second kappa shape index (κ2) is 6.89. The molecule has 4 nitrogen and oxygen atoms in total. The zero-order valence-electron chi connectivity index (χ0n) is 12.6. The molecular weight excluding hydrogens is 297 g/mol. The van der Waals surface area contributed by atoms with Crippen LogP contribution in [-0.2, 0) is 4.74 Å². The smallest absolute Gasteiger partial charge is 0.254 e. The Morgan fingerprint density at radius 3 is 2.87 bits per heavy atom. The molecule has 3 rings (SSSR count). The average molecular weight is 315 g/mol. The Labute approximate surface area is 134 Å². The fraction of sp³-hybridized carbons (Fsp3) is 0.278. The molecule has 0 aromatic heterocycles. The van der Waals surface area contributed by atoms with Gasteiger partial charge in [0.15, 0.2) is 0 Å². The van der Waals surface area contributed by atoms with Crippen LogP contribution in [0.2, 0.25) is 0 Å². The highest BCUT2D eigenvalue weighted by molar-refractivity contribution is 5.95. The highest BCUT2D eigenvalue weighted by atomic mass is 19.1. The first kappa shape index (κ1) is 15.6. The summed E-state index contributed by atoms with van der Waals surface area (Å²) in [4.78, 5) is 14.3. The summed E-state index contributed by atoms with van der Waals surface area (Å²) in [5, 5.41) is 9.40. The zero-order valence-corrected chi connectivity index (χ0v) is 12.6. The first-order valence-corrected chi connectivity index (χ1v) is 7.55. The Hall–Kier alpha value is -2.24. The fourth-order valence-electron chi connectivity index (χ4n) is 2.75. The number of nitrogens with zero attached hydrogens (tertiary/aromatic N) is 1. The largest absolute Gasteiger partial charge is 0.394 e. The number of carbonyl (C=O) groups excluding carboxylic acids is 1. The molecule has 1 aliphatic heterocycles. The van der Waals surface area contributed by atoms with Gasteiger partial charge in [0.25, 0.3) is 5.91 Å². The number of amides is 1. The summed E-state index contributed by atoms with van der Waals surface area (Å²) >= 11 is 0. The van der Waals surface area contributed by atoms with Crippen molar-refractivity contribution in [2.75, 3.05) is 26.4 Å². The van der Waals surface area contributed by atoms with Gasteiger partial charge in [-0.15, -0.1) is 0 Å². The summed E-state index contributed by atoms with van der Waals surface area (Å²) in [6.07, 6.45) is 0. The molecule has 1 saturated heterocycles. The second-order valence-electron chi connectivity index (χ2n) is 5.47. The molecule has 5 heteroatoms. The number of hydrogen-bond acceptors (Lipinski definition) is 3. The van der Waals surface area contributed by atoms with Gasteiger partial charge in [-0.25, -0.2) is 4.39 Å². The highest BCUT2D eigenvalue weighted by Gasteiger charge is 2.27. The first-order valence-electron chi connectivity index (χ1n) is 7.55. The molecule has 0 aliphatic carbocycles. The Kier molecular flexibility index (Phi) is 4.69. The van der Waals surface area contributed by atoms with Crippen LogP contribution in [0.5, 0.6) is 0 Å². The van der Waals surface area contributed by atoms with Gasteiger partial charge >= 0.3 is 0 Å². The predicted octanol–water partition coefficient (Wildman–Crippen LogP) is 2.33. The van der Waals surface area contributed by atoms with Crippen LogP contribution in [0.25, 0.3) is 11.1 Å². The van der Waals surface area contributed by atoms with Gasteiger partial charge in [-0.3, -0.25) is 4.79 Å². The molecule has 120 valence electrons. The van der Waals surface area contributed by atoms with Gasteiger partial charge in [0.2, 0.25) is 0 Å². The number of halogens is 1. The summed E-state index contributed by atoms with van der Waals surface area (Å²) in [7, 11) is 0. The molecule has 1 N–H and O–H groups in total. The number of aliphatic hydroxyl groups excluding tert-OH is 1. The van der Waals surface area contributed by atoms with E-state index in [1.807, 2.05) is 0 Å². The van der Waals surface area contributed by atoms with Crippen molar-refractivity contribution in [3.63, 3.8) is 0 Å². The summed E-state index contributed by atoms with van der Waals surface area (Å²) in [5.41, 5.74) is 1.59. The van der Waals surface area contributed by atoms with Crippen molar-refractivity contribution < 1.29 is 19.0 Å². The molecule has 0 radical (unpaired) electrons. The van der Waals surface area contributed by atoms with Crippen molar-refractivity contribution in [3.8, 4) is 11.1 Å². The number of hydrogen-bond donors (Lipinski definition) is 1. The third-order valence-electron chi connectivity index (χ3n) is 3.99. The number of morpholine rings is 1. The molecule has 1 amide bonds. The van der Waals surface area contributed by atoms with E-state index >= 15 is 0 Å². The summed E-state index contributed by atoms with van der Waals surface area (Å²) in [6.45, 7) is 1.08. The standard InChI is InChI=1S/C18H18FNO3/c19-17-7-2-1-6-16(17)13-4-3-5-14(10-13)18(22)20-8-9-23-12-15(20)11-21/h1-7,10,15,21H,8-9,11-12H2. The molecule has 2 aromatic carbocycles. The van der Waals surface area contributed by atoms with Gasteiger partial charge in [-0.1, -0.05) is 30.3 Å². The van der Waals surface area contributed by atoms with Gasteiger partial charge in [0.05, 0.1) is 25.9 Å². The van der Waals surface area contributed by atoms with E-state index in [1.165, 1.54) is 6.07 Å². The summed E-state index contributed by atoms with van der Waals surface area (Å²) in [6, 6.07) is 13.0. The lowest BCUT2D eigenvalue weighted by Crippen LogP contribution is -2.50. The maximum Gasteiger partial charge on any atom is 0.254 e. The average Bonchev–Trinajstić information content (AvgIpc) is 2.61. The van der Waals surface area contributed by atoms with Crippen molar-refractivity contribution >= 4 is 5.91 Å². The monoisotopic (exact) mass is 315 g/mol. The predicted molar refractivity (Wildman–Crippen MR) is 84.6 cm³/mol. The number of carbonyl (C=O) groups is 1. The number of ether oxygens (including phenoxy) is 1. The Bertz CT molecular complexity index is 704. The normalized spacial score (nSPS) is 18.0. The summed E-state index contributed by atoms with van der Waals surface area (Å²) < 4.78 is 19.2. The maximum atomic E-state index is 13.9. The molecule has 1 heterocycles. The van der Waals surface area contributed by atoms with Gasteiger partial charge in [0, 0.05) is 17.7 Å². The quantitative estimate of drug-likeness (QED) is 0.946. The van der Waals surface area contributed by atoms with Crippen LogP contribution in [0.4, 0.5) is 4.39 Å². The van der Waals surface area contributed by atoms with Crippen LogP contribution >= 0.6 is 0 Å². The van der Waals surface area contributed by atoms with Crippen LogP contribution in [0.3, 0.4) is 0 Å². The fourth-order valence-corrected chi connectivity index (χ4v) is 2.75. The van der Waals surface area contributed by atoms with Crippen molar-refractivity contribution in [3.05, 3.63) is 59.9 Å². The Morgan fingerprint density at radius 1 is 1.26 bits per heavy atom. The second-order valence-corrected chi connectivity index (χ2v) is 5.47. The van der Waals surface area contributed by atoms with Gasteiger partial charge < -0.3 is 14.7 Å². The Balaban J connectivity index is 1.90. The first-order chi connectivity index (χ1) is 11.2. The van der Waals surface area contributed by atoms with Gasteiger partial charge in [-0.2, -0.15) is 0 Å². The Morgan fingerprint density at radius 2 is 2.09 bits per heavy atom. The van der Waals surface area contributed by atoms with Crippen LogP contribution in [0.1, 0.15) is 10.4 Å². The third-order valence-corrected chi connectivity index (χ3v) is 3.99. The lowest BCUT2D eigenvalue weighted by molar-refractivity contribution is -0.0183. The highest BCUT2D eigenvalue weighted by Crippen LogP contribution is 2.24. The van der Waals surface area contributed by atoms with E-state index in [-0.39, 0.29) is 24.4 Å². The molecule has 1 atom stereocenters.